The number of rotatable bonds is 3. The third-order valence-electron chi connectivity index (χ3n) is 2.41. The van der Waals surface area contributed by atoms with Crippen LogP contribution in [0.15, 0.2) is 34.7 Å². The second-order valence-electron chi connectivity index (χ2n) is 4.08. The Balaban J connectivity index is 3.61. The third-order valence-corrected chi connectivity index (χ3v) is 3.62. The largest absolute Gasteiger partial charge is 0.422 e. The summed E-state index contributed by atoms with van der Waals surface area (Å²) in [5.41, 5.74) is -3.52. The molecule has 0 fully saturated rings. The topological polar surface area (TPSA) is 54.4 Å². The fraction of sp³-hybridized carbons (Fsp3) is 0.273. The molecule has 0 spiro atoms. The van der Waals surface area contributed by atoms with Crippen molar-refractivity contribution in [2.24, 2.45) is 0 Å². The molecule has 3 nitrogen and oxygen atoms in total. The van der Waals surface area contributed by atoms with Crippen molar-refractivity contribution in [2.45, 2.75) is 18.8 Å². The fourth-order valence-corrected chi connectivity index (χ4v) is 2.67. The van der Waals surface area contributed by atoms with Gasteiger partial charge in [0.2, 0.25) is 0 Å². The van der Waals surface area contributed by atoms with Crippen molar-refractivity contribution in [3.63, 3.8) is 0 Å². The maximum Gasteiger partial charge on any atom is 0.422 e. The molecule has 0 radical (unpaired) electrons. The van der Waals surface area contributed by atoms with E-state index in [1.165, 1.54) is 12.1 Å². The van der Waals surface area contributed by atoms with Crippen LogP contribution in [0, 0.1) is 0 Å². The molecule has 0 aliphatic heterocycles. The molecule has 0 heterocycles. The van der Waals surface area contributed by atoms with Gasteiger partial charge < -0.3 is 0 Å². The van der Waals surface area contributed by atoms with Crippen molar-refractivity contribution in [1.29, 1.82) is 0 Å². The maximum atomic E-state index is 12.6. The Morgan fingerprint density at radius 1 is 1.09 bits per heavy atom. The van der Waals surface area contributed by atoms with Crippen LogP contribution in [0.5, 0.6) is 0 Å². The zero-order chi connectivity index (χ0) is 17.3. The van der Waals surface area contributed by atoms with Crippen LogP contribution >= 0.6 is 11.6 Å². The summed E-state index contributed by atoms with van der Waals surface area (Å²) in [6.45, 7) is 0. The van der Waals surface area contributed by atoms with E-state index in [0.717, 1.165) is 12.1 Å². The molecule has 22 heavy (non-hydrogen) atoms. The highest BCUT2D eigenvalue weighted by molar-refractivity contribution is 7.89. The Kier molecular flexibility index (Phi) is 5.20. The van der Waals surface area contributed by atoms with E-state index in [-0.39, 0.29) is 10.6 Å². The predicted octanol–water partition coefficient (Wildman–Crippen LogP) is 4.15. The van der Waals surface area contributed by atoms with Gasteiger partial charge in [0, 0.05) is 11.4 Å². The summed E-state index contributed by atoms with van der Waals surface area (Å²) in [6, 6.07) is 4.55. The van der Waals surface area contributed by atoms with Gasteiger partial charge in [0.15, 0.2) is 5.57 Å². The van der Waals surface area contributed by atoms with Crippen LogP contribution in [0.25, 0.3) is 0 Å². The molecule has 0 saturated carbocycles. The predicted molar refractivity (Wildman–Crippen MR) is 65.8 cm³/mol. The standard InChI is InChI=1S/C11H7ClF6O3S/c12-7-3-1-2-6(4-7)5-8(22(19,20)21)9(10(13,14)15)11(16,17)18/h1-4H,5H2,(H,19,20,21). The van der Waals surface area contributed by atoms with E-state index in [9.17, 15) is 34.8 Å². The third kappa shape index (κ3) is 4.89. The SMILES string of the molecule is O=S(=O)(O)C(Cc1cccc(Cl)c1)=C(C(F)(F)F)C(F)(F)F. The van der Waals surface area contributed by atoms with Gasteiger partial charge in [-0.3, -0.25) is 4.55 Å². The van der Waals surface area contributed by atoms with Crippen LogP contribution < -0.4 is 0 Å². The molecule has 0 aliphatic carbocycles. The Morgan fingerprint density at radius 2 is 1.59 bits per heavy atom. The molecule has 11 heteroatoms. The number of alkyl halides is 6. The molecular formula is C11H7ClF6O3S. The van der Waals surface area contributed by atoms with Gasteiger partial charge in [-0.05, 0) is 17.7 Å². The molecule has 1 rings (SSSR count). The van der Waals surface area contributed by atoms with E-state index in [1.807, 2.05) is 0 Å². The van der Waals surface area contributed by atoms with Crippen LogP contribution in [0.2, 0.25) is 5.02 Å². The van der Waals surface area contributed by atoms with Gasteiger partial charge in [-0.25, -0.2) is 0 Å². The van der Waals surface area contributed by atoms with Crippen LogP contribution in [0.1, 0.15) is 5.56 Å². The number of halogens is 7. The molecule has 0 unspecified atom stereocenters. The van der Waals surface area contributed by atoms with Gasteiger partial charge in [-0.2, -0.15) is 34.8 Å². The van der Waals surface area contributed by atoms with E-state index in [4.69, 9.17) is 16.2 Å². The summed E-state index contributed by atoms with van der Waals surface area (Å²) in [4.78, 5) is -2.19. The van der Waals surface area contributed by atoms with Gasteiger partial charge in [-0.1, -0.05) is 23.7 Å². The zero-order valence-corrected chi connectivity index (χ0v) is 11.9. The monoisotopic (exact) mass is 368 g/mol. The minimum Gasteiger partial charge on any atom is -0.282 e. The average molecular weight is 369 g/mol. The first kappa shape index (κ1) is 18.8. The summed E-state index contributed by atoms with van der Waals surface area (Å²) in [5, 5.41) is -0.0206. The normalized spacial score (nSPS) is 13.1. The highest BCUT2D eigenvalue weighted by Crippen LogP contribution is 2.42. The Labute approximate surface area is 125 Å². The van der Waals surface area contributed by atoms with E-state index >= 15 is 0 Å². The van der Waals surface area contributed by atoms with E-state index in [0.29, 0.717) is 0 Å². The van der Waals surface area contributed by atoms with Gasteiger partial charge in [-0.15, -0.1) is 0 Å². The van der Waals surface area contributed by atoms with Gasteiger partial charge >= 0.3 is 12.4 Å². The molecule has 0 atom stereocenters. The number of allylic oxidation sites excluding steroid dienone is 2. The molecule has 1 N–H and O–H groups in total. The second-order valence-corrected chi connectivity index (χ2v) is 5.95. The Morgan fingerprint density at radius 3 is 1.95 bits per heavy atom. The van der Waals surface area contributed by atoms with Crippen molar-refractivity contribution in [2.75, 3.05) is 0 Å². The summed E-state index contributed by atoms with van der Waals surface area (Å²) < 4.78 is 106. The molecule has 1 aromatic carbocycles. The fourth-order valence-electron chi connectivity index (χ4n) is 1.62. The lowest BCUT2D eigenvalue weighted by molar-refractivity contribution is -0.172. The first-order valence-electron chi connectivity index (χ1n) is 5.32. The average Bonchev–Trinajstić information content (AvgIpc) is 2.22. The summed E-state index contributed by atoms with van der Waals surface area (Å²) in [7, 11) is -5.74. The van der Waals surface area contributed by atoms with Crippen molar-refractivity contribution in [3.8, 4) is 0 Å². The van der Waals surface area contributed by atoms with Gasteiger partial charge in [0.25, 0.3) is 10.1 Å². The quantitative estimate of drug-likeness (QED) is 0.644. The highest BCUT2D eigenvalue weighted by Gasteiger charge is 2.54. The lowest BCUT2D eigenvalue weighted by Crippen LogP contribution is -2.30. The highest BCUT2D eigenvalue weighted by atomic mass is 35.5. The molecule has 0 aromatic heterocycles. The van der Waals surface area contributed by atoms with Crippen molar-refractivity contribution in [1.82, 2.24) is 0 Å². The number of benzene rings is 1. The number of hydrogen-bond acceptors (Lipinski definition) is 2. The summed E-state index contributed by atoms with van der Waals surface area (Å²) in [6.07, 6.45) is -13.3. The van der Waals surface area contributed by atoms with Crippen molar-refractivity contribution in [3.05, 3.63) is 45.3 Å². The molecule has 0 amide bonds. The number of hydrogen-bond donors (Lipinski definition) is 1. The lowest BCUT2D eigenvalue weighted by Gasteiger charge is -2.18. The van der Waals surface area contributed by atoms with Crippen LogP contribution in [0.4, 0.5) is 26.3 Å². The minimum absolute atomic E-state index is 0.0206. The zero-order valence-electron chi connectivity index (χ0n) is 10.3. The second kappa shape index (κ2) is 6.09. The van der Waals surface area contributed by atoms with Gasteiger partial charge in [0.1, 0.15) is 0 Å². The first-order valence-corrected chi connectivity index (χ1v) is 7.14. The Bertz CT molecular complexity index is 675. The smallest absolute Gasteiger partial charge is 0.282 e. The van der Waals surface area contributed by atoms with Crippen molar-refractivity contribution >= 4 is 21.7 Å². The summed E-state index contributed by atoms with van der Waals surface area (Å²) in [5.74, 6) is 0. The van der Waals surface area contributed by atoms with Crippen LogP contribution in [-0.4, -0.2) is 25.3 Å². The van der Waals surface area contributed by atoms with E-state index < -0.39 is 39.4 Å². The van der Waals surface area contributed by atoms with Crippen LogP contribution in [0.3, 0.4) is 0 Å². The lowest BCUT2D eigenvalue weighted by atomic mass is 10.1. The molecule has 1 aromatic rings. The molecule has 0 aliphatic rings. The minimum atomic E-state index is -6.01. The van der Waals surface area contributed by atoms with E-state index in [1.54, 1.807) is 0 Å². The summed E-state index contributed by atoms with van der Waals surface area (Å²) >= 11 is 5.53. The molecule has 0 bridgehead atoms. The van der Waals surface area contributed by atoms with E-state index in [2.05, 4.69) is 0 Å². The molecule has 124 valence electrons. The molecular weight excluding hydrogens is 362 g/mol. The van der Waals surface area contributed by atoms with Gasteiger partial charge in [0.05, 0.1) is 4.91 Å². The maximum absolute atomic E-state index is 12.6. The molecule has 0 saturated heterocycles. The van der Waals surface area contributed by atoms with Crippen LogP contribution in [-0.2, 0) is 16.5 Å². The first-order chi connectivity index (χ1) is 9.73. The Hall–Kier alpha value is -1.26. The van der Waals surface area contributed by atoms with Crippen molar-refractivity contribution < 1.29 is 39.3 Å².